The highest BCUT2D eigenvalue weighted by Gasteiger charge is 2.39. The topological polar surface area (TPSA) is 109 Å². The number of benzene rings is 2. The summed E-state index contributed by atoms with van der Waals surface area (Å²) in [5, 5.41) is 12.4. The third-order valence-corrected chi connectivity index (χ3v) is 7.31. The quantitative estimate of drug-likeness (QED) is 0.559. The van der Waals surface area contributed by atoms with Gasteiger partial charge >= 0.3 is 12.1 Å². The summed E-state index contributed by atoms with van der Waals surface area (Å²) >= 11 is 1.29. The van der Waals surface area contributed by atoms with E-state index in [2.05, 4.69) is 34.6 Å². The number of likely N-dealkylation sites (tertiary alicyclic amines) is 1. The van der Waals surface area contributed by atoms with Gasteiger partial charge in [0, 0.05) is 17.3 Å². The number of aryl methyl sites for hydroxylation is 1. The number of hydrogen-bond donors (Lipinski definition) is 2. The average molecular weight is 478 g/mol. The molecule has 1 aliphatic carbocycles. The molecule has 5 rings (SSSR count). The number of rotatable bonds is 6. The number of fused-ring (bicyclic) bond motifs is 3. The minimum atomic E-state index is -1.01. The molecule has 34 heavy (non-hydrogen) atoms. The lowest BCUT2D eigenvalue weighted by Crippen LogP contribution is -2.55. The van der Waals surface area contributed by atoms with Crippen LogP contribution in [0.2, 0.25) is 0 Å². The van der Waals surface area contributed by atoms with Gasteiger partial charge < -0.3 is 20.1 Å². The fourth-order valence-corrected chi connectivity index (χ4v) is 5.41. The van der Waals surface area contributed by atoms with E-state index in [9.17, 15) is 19.5 Å². The molecule has 1 saturated heterocycles. The van der Waals surface area contributed by atoms with E-state index in [0.717, 1.165) is 22.3 Å². The van der Waals surface area contributed by atoms with Gasteiger partial charge in [-0.25, -0.2) is 14.6 Å². The number of ether oxygens (including phenoxy) is 1. The van der Waals surface area contributed by atoms with E-state index < -0.39 is 18.1 Å². The Kier molecular flexibility index (Phi) is 5.79. The number of alkyl carbamates (subject to hydrolysis) is 1. The number of carboxylic acid groups (broad SMARTS) is 1. The average Bonchev–Trinajstić information content (AvgIpc) is 3.33. The Labute approximate surface area is 200 Å². The van der Waals surface area contributed by atoms with Gasteiger partial charge in [-0.15, -0.1) is 11.3 Å². The largest absolute Gasteiger partial charge is 0.480 e. The Morgan fingerprint density at radius 3 is 2.35 bits per heavy atom. The molecule has 2 amide bonds. The number of aromatic nitrogens is 1. The van der Waals surface area contributed by atoms with E-state index in [1.807, 2.05) is 24.3 Å². The molecule has 1 aliphatic heterocycles. The lowest BCUT2D eigenvalue weighted by molar-refractivity contribution is -0.146. The van der Waals surface area contributed by atoms with Crippen LogP contribution >= 0.6 is 11.3 Å². The van der Waals surface area contributed by atoms with Gasteiger partial charge in [-0.2, -0.15) is 0 Å². The Hall–Kier alpha value is -3.72. The molecule has 1 atom stereocenters. The lowest BCUT2D eigenvalue weighted by atomic mass is 9.98. The van der Waals surface area contributed by atoms with Crippen molar-refractivity contribution in [1.82, 2.24) is 15.2 Å². The Bertz CT molecular complexity index is 1240. The van der Waals surface area contributed by atoms with E-state index in [1.165, 1.54) is 16.2 Å². The molecule has 2 N–H and O–H groups in total. The number of nitrogens with one attached hydrogen (secondary N) is 1. The molecule has 2 heterocycles. The van der Waals surface area contributed by atoms with Crippen LogP contribution in [0.3, 0.4) is 0 Å². The van der Waals surface area contributed by atoms with Crippen molar-refractivity contribution in [2.75, 3.05) is 13.2 Å². The van der Waals surface area contributed by atoms with Gasteiger partial charge in [0.25, 0.3) is 5.91 Å². The van der Waals surface area contributed by atoms with Crippen molar-refractivity contribution in [3.05, 3.63) is 75.2 Å². The van der Waals surface area contributed by atoms with Crippen LogP contribution in [-0.4, -0.2) is 52.2 Å². The zero-order chi connectivity index (χ0) is 23.8. The first-order valence-electron chi connectivity index (χ1n) is 11.0. The predicted octanol–water partition coefficient (Wildman–Crippen LogP) is 3.79. The van der Waals surface area contributed by atoms with Gasteiger partial charge in [0.05, 0.1) is 6.54 Å². The zero-order valence-electron chi connectivity index (χ0n) is 18.5. The van der Waals surface area contributed by atoms with Crippen molar-refractivity contribution in [2.45, 2.75) is 31.8 Å². The molecule has 0 radical (unpaired) electrons. The molecule has 8 nitrogen and oxygen atoms in total. The van der Waals surface area contributed by atoms with Crippen molar-refractivity contribution >= 4 is 29.3 Å². The van der Waals surface area contributed by atoms with Gasteiger partial charge in [-0.3, -0.25) is 4.79 Å². The summed E-state index contributed by atoms with van der Waals surface area (Å²) in [4.78, 5) is 42.6. The molecular formula is C25H23N3O5S. The van der Waals surface area contributed by atoms with E-state index in [0.29, 0.717) is 22.9 Å². The summed E-state index contributed by atoms with van der Waals surface area (Å²) < 4.78 is 5.54. The second-order valence-corrected chi connectivity index (χ2v) is 9.62. The number of nitrogens with zero attached hydrogens (tertiary/aromatic N) is 2. The predicted molar refractivity (Wildman–Crippen MR) is 126 cm³/mol. The number of hydrogen-bond acceptors (Lipinski definition) is 6. The molecule has 9 heteroatoms. The lowest BCUT2D eigenvalue weighted by Gasteiger charge is -2.37. The Morgan fingerprint density at radius 2 is 1.76 bits per heavy atom. The molecule has 0 spiro atoms. The second kappa shape index (κ2) is 8.90. The summed E-state index contributed by atoms with van der Waals surface area (Å²) in [7, 11) is 0. The number of thiazole rings is 1. The standard InChI is InChI=1S/C25H23N3O5S/c1-14-22(23(29)28-11-10-20(28)24(30)31)27-21(34-14)12-26-25(32)33-13-19-17-8-4-2-6-15(17)16-7-3-5-9-18(16)19/h2-9,19-20H,10-13H2,1H3,(H,26,32)(H,30,31). The van der Waals surface area contributed by atoms with Crippen LogP contribution in [0.4, 0.5) is 4.79 Å². The minimum absolute atomic E-state index is 0.0248. The third kappa shape index (κ3) is 3.92. The van der Waals surface area contributed by atoms with Crippen LogP contribution in [0.15, 0.2) is 48.5 Å². The van der Waals surface area contributed by atoms with Crippen molar-refractivity contribution < 1.29 is 24.2 Å². The van der Waals surface area contributed by atoms with Gasteiger partial charge in [0.2, 0.25) is 0 Å². The molecule has 2 aromatic carbocycles. The van der Waals surface area contributed by atoms with E-state index in [-0.39, 0.29) is 30.7 Å². The van der Waals surface area contributed by atoms with Crippen molar-refractivity contribution in [1.29, 1.82) is 0 Å². The summed E-state index contributed by atoms with van der Waals surface area (Å²) in [6.45, 7) is 2.50. The maximum absolute atomic E-state index is 12.7. The first kappa shape index (κ1) is 22.1. The van der Waals surface area contributed by atoms with Gasteiger partial charge in [0.15, 0.2) is 0 Å². The molecule has 1 unspecified atom stereocenters. The van der Waals surface area contributed by atoms with Crippen LogP contribution in [0.1, 0.15) is 43.8 Å². The van der Waals surface area contributed by atoms with Crippen molar-refractivity contribution in [3.63, 3.8) is 0 Å². The van der Waals surface area contributed by atoms with E-state index in [4.69, 9.17) is 4.74 Å². The number of amides is 2. The Morgan fingerprint density at radius 1 is 1.12 bits per heavy atom. The van der Waals surface area contributed by atoms with Crippen LogP contribution in [0, 0.1) is 6.92 Å². The fraction of sp³-hybridized carbons (Fsp3) is 0.280. The van der Waals surface area contributed by atoms with Gasteiger partial charge in [0.1, 0.15) is 23.4 Å². The first-order valence-corrected chi connectivity index (χ1v) is 11.8. The molecule has 0 bridgehead atoms. The number of carbonyl (C=O) groups is 3. The second-order valence-electron chi connectivity index (χ2n) is 8.33. The van der Waals surface area contributed by atoms with Crippen LogP contribution < -0.4 is 5.32 Å². The number of aliphatic carboxylic acids is 1. The molecule has 1 aromatic heterocycles. The van der Waals surface area contributed by atoms with Crippen LogP contribution in [0.25, 0.3) is 11.1 Å². The minimum Gasteiger partial charge on any atom is -0.480 e. The highest BCUT2D eigenvalue weighted by atomic mass is 32.1. The van der Waals surface area contributed by atoms with Crippen molar-refractivity contribution in [2.24, 2.45) is 0 Å². The molecule has 3 aromatic rings. The number of carboxylic acids is 1. The maximum atomic E-state index is 12.7. The number of carbonyl (C=O) groups excluding carboxylic acids is 2. The Balaban J connectivity index is 1.19. The summed E-state index contributed by atoms with van der Waals surface area (Å²) in [5.74, 6) is -1.42. The fourth-order valence-electron chi connectivity index (χ4n) is 4.55. The summed E-state index contributed by atoms with van der Waals surface area (Å²) in [5.41, 5.74) is 4.84. The van der Waals surface area contributed by atoms with Gasteiger partial charge in [-0.05, 0) is 35.6 Å². The van der Waals surface area contributed by atoms with E-state index in [1.54, 1.807) is 6.92 Å². The first-order chi connectivity index (χ1) is 16.4. The smallest absolute Gasteiger partial charge is 0.407 e. The normalized spacial score (nSPS) is 16.4. The third-order valence-electron chi connectivity index (χ3n) is 6.34. The van der Waals surface area contributed by atoms with E-state index >= 15 is 0 Å². The monoisotopic (exact) mass is 477 g/mol. The zero-order valence-corrected chi connectivity index (χ0v) is 19.3. The maximum Gasteiger partial charge on any atom is 0.407 e. The molecule has 2 aliphatic rings. The SMILES string of the molecule is Cc1sc(CNC(=O)OCC2c3ccccc3-c3ccccc32)nc1C(=O)N1CCC1C(=O)O. The highest BCUT2D eigenvalue weighted by Crippen LogP contribution is 2.44. The van der Waals surface area contributed by atoms with Crippen LogP contribution in [-0.2, 0) is 16.1 Å². The summed E-state index contributed by atoms with van der Waals surface area (Å²) in [6.07, 6.45) is -0.114. The van der Waals surface area contributed by atoms with Crippen LogP contribution in [0.5, 0.6) is 0 Å². The molecule has 174 valence electrons. The highest BCUT2D eigenvalue weighted by molar-refractivity contribution is 7.11. The molecular weight excluding hydrogens is 454 g/mol. The molecule has 1 fully saturated rings. The summed E-state index contributed by atoms with van der Waals surface area (Å²) in [6, 6.07) is 15.5. The van der Waals surface area contributed by atoms with Crippen molar-refractivity contribution in [3.8, 4) is 11.1 Å². The van der Waals surface area contributed by atoms with Gasteiger partial charge in [-0.1, -0.05) is 48.5 Å². The molecule has 0 saturated carbocycles.